The normalized spacial score (nSPS) is 19.9. The molecule has 1 saturated heterocycles. The van der Waals surface area contributed by atoms with Crippen LogP contribution in [0.1, 0.15) is 17.2 Å². The van der Waals surface area contributed by atoms with Crippen LogP contribution in [0.15, 0.2) is 36.9 Å². The Morgan fingerprint density at radius 1 is 1.26 bits per heavy atom. The molecule has 2 heterocycles. The molecule has 0 unspecified atom stereocenters. The first kappa shape index (κ1) is 15.9. The molecule has 5 nitrogen and oxygen atoms in total. The summed E-state index contributed by atoms with van der Waals surface area (Å²) in [5, 5.41) is 4.04. The highest BCUT2D eigenvalue weighted by Crippen LogP contribution is 2.32. The number of nitrogens with zero attached hydrogens (tertiary/aromatic N) is 4. The van der Waals surface area contributed by atoms with E-state index in [4.69, 9.17) is 4.74 Å². The van der Waals surface area contributed by atoms with Gasteiger partial charge in [-0.2, -0.15) is 18.3 Å². The van der Waals surface area contributed by atoms with Crippen molar-refractivity contribution < 1.29 is 17.9 Å². The standard InChI is InChI=1S/C15H17F3N4O/c16-15(17,18)13-3-1-2-12(8-13)14-9-21(6-7-23-14)4-5-22-11-19-10-20-22/h1-3,8,10-11,14H,4-7,9H2/t14-/m0/s1. The summed E-state index contributed by atoms with van der Waals surface area (Å²) < 4.78 is 45.9. The summed E-state index contributed by atoms with van der Waals surface area (Å²) in [6.07, 6.45) is -1.56. The first-order chi connectivity index (χ1) is 11.0. The quantitative estimate of drug-likeness (QED) is 0.865. The average molecular weight is 326 g/mol. The van der Waals surface area contributed by atoms with E-state index in [0.29, 0.717) is 25.3 Å². The zero-order valence-electron chi connectivity index (χ0n) is 12.4. The van der Waals surface area contributed by atoms with Crippen LogP contribution < -0.4 is 0 Å². The second kappa shape index (κ2) is 6.67. The van der Waals surface area contributed by atoms with E-state index in [0.717, 1.165) is 19.2 Å². The molecule has 2 aromatic rings. The number of ether oxygens (including phenoxy) is 1. The Bertz CT molecular complexity index is 630. The maximum atomic E-state index is 12.8. The van der Waals surface area contributed by atoms with Crippen molar-refractivity contribution in [3.8, 4) is 0 Å². The molecule has 0 N–H and O–H groups in total. The molecule has 0 radical (unpaired) electrons. The van der Waals surface area contributed by atoms with Crippen LogP contribution in [0.2, 0.25) is 0 Å². The average Bonchev–Trinajstić information content (AvgIpc) is 3.06. The largest absolute Gasteiger partial charge is 0.416 e. The van der Waals surface area contributed by atoms with Crippen molar-refractivity contribution in [2.24, 2.45) is 0 Å². The fourth-order valence-electron chi connectivity index (χ4n) is 2.61. The molecule has 1 aromatic carbocycles. The molecule has 1 aliphatic rings. The molecule has 0 bridgehead atoms. The Morgan fingerprint density at radius 3 is 2.87 bits per heavy atom. The summed E-state index contributed by atoms with van der Waals surface area (Å²) >= 11 is 0. The van der Waals surface area contributed by atoms with Gasteiger partial charge in [-0.1, -0.05) is 12.1 Å². The third kappa shape index (κ3) is 4.08. The molecule has 1 fully saturated rings. The number of alkyl halides is 3. The highest BCUT2D eigenvalue weighted by Gasteiger charge is 2.31. The van der Waals surface area contributed by atoms with E-state index in [1.807, 2.05) is 0 Å². The van der Waals surface area contributed by atoms with E-state index in [9.17, 15) is 13.2 Å². The minimum absolute atomic E-state index is 0.346. The molecule has 124 valence electrons. The lowest BCUT2D eigenvalue weighted by Gasteiger charge is -2.33. The van der Waals surface area contributed by atoms with Crippen molar-refractivity contribution in [2.75, 3.05) is 26.2 Å². The molecule has 23 heavy (non-hydrogen) atoms. The van der Waals surface area contributed by atoms with E-state index in [-0.39, 0.29) is 6.10 Å². The van der Waals surface area contributed by atoms with Crippen molar-refractivity contribution in [1.82, 2.24) is 19.7 Å². The van der Waals surface area contributed by atoms with Crippen molar-refractivity contribution >= 4 is 0 Å². The molecule has 8 heteroatoms. The van der Waals surface area contributed by atoms with Crippen LogP contribution in [-0.2, 0) is 17.5 Å². The van der Waals surface area contributed by atoms with Gasteiger partial charge in [0, 0.05) is 19.6 Å². The Hall–Kier alpha value is -1.93. The Kier molecular flexibility index (Phi) is 4.63. The van der Waals surface area contributed by atoms with Crippen LogP contribution in [0.25, 0.3) is 0 Å². The van der Waals surface area contributed by atoms with Gasteiger partial charge in [-0.3, -0.25) is 9.58 Å². The molecule has 1 aromatic heterocycles. The molecule has 1 aliphatic heterocycles. The monoisotopic (exact) mass is 326 g/mol. The Balaban J connectivity index is 1.64. The van der Waals surface area contributed by atoms with Crippen molar-refractivity contribution in [2.45, 2.75) is 18.8 Å². The molecule has 0 aliphatic carbocycles. The molecule has 0 amide bonds. The summed E-state index contributed by atoms with van der Waals surface area (Å²) in [7, 11) is 0. The van der Waals surface area contributed by atoms with Crippen LogP contribution in [0, 0.1) is 0 Å². The molecule has 0 saturated carbocycles. The van der Waals surface area contributed by atoms with Crippen LogP contribution in [-0.4, -0.2) is 45.9 Å². The molecular formula is C15H17F3N4O. The maximum absolute atomic E-state index is 12.8. The zero-order valence-corrected chi connectivity index (χ0v) is 12.4. The summed E-state index contributed by atoms with van der Waals surface area (Å²) in [5.41, 5.74) is -0.0800. The SMILES string of the molecule is FC(F)(F)c1cccc([C@@H]2CN(CCn3cncn3)CCO2)c1. The smallest absolute Gasteiger partial charge is 0.371 e. The van der Waals surface area contributed by atoms with Gasteiger partial charge in [0.25, 0.3) is 0 Å². The number of hydrogen-bond acceptors (Lipinski definition) is 4. The second-order valence-corrected chi connectivity index (χ2v) is 5.44. The van der Waals surface area contributed by atoms with Crippen LogP contribution >= 0.6 is 0 Å². The summed E-state index contributed by atoms with van der Waals surface area (Å²) in [5.74, 6) is 0. The van der Waals surface area contributed by atoms with Gasteiger partial charge >= 0.3 is 6.18 Å². The van der Waals surface area contributed by atoms with Crippen LogP contribution in [0.4, 0.5) is 13.2 Å². The predicted octanol–water partition coefficient (Wildman–Crippen LogP) is 2.37. The maximum Gasteiger partial charge on any atom is 0.416 e. The minimum atomic E-state index is -4.34. The van der Waals surface area contributed by atoms with Crippen LogP contribution in [0.5, 0.6) is 0 Å². The lowest BCUT2D eigenvalue weighted by Crippen LogP contribution is -2.40. The molecular weight excluding hydrogens is 309 g/mol. The third-order valence-electron chi connectivity index (χ3n) is 3.85. The van der Waals surface area contributed by atoms with E-state index in [2.05, 4.69) is 15.0 Å². The van der Waals surface area contributed by atoms with Crippen molar-refractivity contribution in [3.05, 3.63) is 48.0 Å². The topological polar surface area (TPSA) is 43.2 Å². The van der Waals surface area contributed by atoms with Gasteiger partial charge in [0.1, 0.15) is 12.7 Å². The van der Waals surface area contributed by atoms with Gasteiger partial charge in [-0.05, 0) is 17.7 Å². The fourth-order valence-corrected chi connectivity index (χ4v) is 2.61. The fraction of sp³-hybridized carbons (Fsp3) is 0.467. The molecule has 0 spiro atoms. The highest BCUT2D eigenvalue weighted by molar-refractivity contribution is 5.27. The summed E-state index contributed by atoms with van der Waals surface area (Å²) in [4.78, 5) is 6.05. The van der Waals surface area contributed by atoms with Gasteiger partial charge in [0.05, 0.1) is 24.8 Å². The van der Waals surface area contributed by atoms with Gasteiger partial charge in [-0.25, -0.2) is 4.98 Å². The second-order valence-electron chi connectivity index (χ2n) is 5.44. The van der Waals surface area contributed by atoms with E-state index in [1.165, 1.54) is 18.5 Å². The first-order valence-corrected chi connectivity index (χ1v) is 7.36. The number of morpholine rings is 1. The lowest BCUT2D eigenvalue weighted by atomic mass is 10.0. The Labute approximate surface area is 131 Å². The van der Waals surface area contributed by atoms with Gasteiger partial charge in [-0.15, -0.1) is 0 Å². The van der Waals surface area contributed by atoms with E-state index < -0.39 is 11.7 Å². The van der Waals surface area contributed by atoms with E-state index in [1.54, 1.807) is 17.1 Å². The zero-order chi connectivity index (χ0) is 16.3. The first-order valence-electron chi connectivity index (χ1n) is 7.36. The van der Waals surface area contributed by atoms with Gasteiger partial charge in [0.2, 0.25) is 0 Å². The number of rotatable bonds is 4. The van der Waals surface area contributed by atoms with Gasteiger partial charge in [0.15, 0.2) is 0 Å². The van der Waals surface area contributed by atoms with Crippen LogP contribution in [0.3, 0.4) is 0 Å². The number of aromatic nitrogens is 3. The third-order valence-corrected chi connectivity index (χ3v) is 3.85. The van der Waals surface area contributed by atoms with Crippen molar-refractivity contribution in [3.63, 3.8) is 0 Å². The number of hydrogen-bond donors (Lipinski definition) is 0. The van der Waals surface area contributed by atoms with Gasteiger partial charge < -0.3 is 4.74 Å². The van der Waals surface area contributed by atoms with Crippen molar-refractivity contribution in [1.29, 1.82) is 0 Å². The lowest BCUT2D eigenvalue weighted by molar-refractivity contribution is -0.137. The van der Waals surface area contributed by atoms with E-state index >= 15 is 0 Å². The Morgan fingerprint density at radius 2 is 2.13 bits per heavy atom. The number of halogens is 3. The predicted molar refractivity (Wildman–Crippen MR) is 76.6 cm³/mol. The minimum Gasteiger partial charge on any atom is -0.371 e. The highest BCUT2D eigenvalue weighted by atomic mass is 19.4. The summed E-state index contributed by atoms with van der Waals surface area (Å²) in [6, 6.07) is 5.36. The number of benzene rings is 1. The molecule has 1 atom stereocenters. The molecule has 3 rings (SSSR count). The summed E-state index contributed by atoms with van der Waals surface area (Å²) in [6.45, 7) is 3.26.